The fourth-order valence-corrected chi connectivity index (χ4v) is 7.30. The summed E-state index contributed by atoms with van der Waals surface area (Å²) in [6.07, 6.45) is 5.13. The van der Waals surface area contributed by atoms with Crippen molar-refractivity contribution < 1.29 is 33.7 Å². The van der Waals surface area contributed by atoms with Gasteiger partial charge in [0.15, 0.2) is 0 Å². The van der Waals surface area contributed by atoms with Crippen molar-refractivity contribution in [2.45, 2.75) is 78.7 Å². The first kappa shape index (κ1) is 25.2. The van der Waals surface area contributed by atoms with Gasteiger partial charge in [-0.05, 0) is 67.6 Å². The Kier molecular flexibility index (Phi) is 7.70. The number of Topliss-reactive ketones (excluding diaryl/α,β-unsaturated/α-hetero) is 1. The van der Waals surface area contributed by atoms with Gasteiger partial charge in [-0.2, -0.15) is 0 Å². The first-order valence-corrected chi connectivity index (χ1v) is 12.0. The monoisotopic (exact) mass is 452 g/mol. The molecule has 1 N–H and O–H groups in total. The largest absolute Gasteiger partial charge is 0.481 e. The molecule has 0 aliphatic heterocycles. The van der Waals surface area contributed by atoms with Crippen LogP contribution in [0.3, 0.4) is 0 Å². The van der Waals surface area contributed by atoms with Crippen LogP contribution in [0.5, 0.6) is 0 Å². The molecule has 0 aromatic carbocycles. The average Bonchev–Trinajstić information content (AvgIpc) is 3.09. The lowest BCUT2D eigenvalue weighted by Crippen LogP contribution is -2.53. The van der Waals surface area contributed by atoms with Gasteiger partial charge in [0, 0.05) is 25.9 Å². The third-order valence-electron chi connectivity index (χ3n) is 9.12. The van der Waals surface area contributed by atoms with E-state index in [0.29, 0.717) is 25.4 Å². The topological polar surface area (TPSA) is 99.1 Å². The minimum atomic E-state index is -0.835. The molecule has 3 aliphatic carbocycles. The van der Waals surface area contributed by atoms with Crippen LogP contribution >= 0.6 is 0 Å². The lowest BCUT2D eigenvalue weighted by atomic mass is 9.51. The second kappa shape index (κ2) is 9.80. The number of carbonyl (C=O) groups is 3. The second-order valence-corrected chi connectivity index (χ2v) is 10.9. The van der Waals surface area contributed by atoms with E-state index in [-0.39, 0.29) is 47.8 Å². The first-order chi connectivity index (χ1) is 15.0. The Balaban J connectivity index is 1.76. The molecule has 0 saturated heterocycles. The van der Waals surface area contributed by atoms with Crippen LogP contribution in [-0.2, 0) is 28.6 Å². The summed E-state index contributed by atoms with van der Waals surface area (Å²) in [5.41, 5.74) is -0.667. The van der Waals surface area contributed by atoms with Crippen LogP contribution in [0.2, 0.25) is 0 Å². The summed E-state index contributed by atoms with van der Waals surface area (Å²) in [6.45, 7) is 8.32. The van der Waals surface area contributed by atoms with Crippen LogP contribution in [0, 0.1) is 40.4 Å². The predicted molar refractivity (Wildman–Crippen MR) is 118 cm³/mol. The normalized spacial score (nSPS) is 40.5. The summed E-state index contributed by atoms with van der Waals surface area (Å²) < 4.78 is 15.9. The molecule has 182 valence electrons. The number of carboxylic acid groups (broad SMARTS) is 1. The van der Waals surface area contributed by atoms with Gasteiger partial charge in [0.1, 0.15) is 12.6 Å². The van der Waals surface area contributed by atoms with Crippen molar-refractivity contribution in [3.63, 3.8) is 0 Å². The molecule has 8 atom stereocenters. The lowest BCUT2D eigenvalue weighted by molar-refractivity contribution is -0.167. The first-order valence-electron chi connectivity index (χ1n) is 12.0. The van der Waals surface area contributed by atoms with E-state index in [1.165, 1.54) is 6.92 Å². The van der Waals surface area contributed by atoms with E-state index in [9.17, 15) is 19.5 Å². The maximum Gasteiger partial charge on any atom is 0.307 e. The maximum absolute atomic E-state index is 13.8. The summed E-state index contributed by atoms with van der Waals surface area (Å²) in [6, 6.07) is 0. The highest BCUT2D eigenvalue weighted by atomic mass is 16.7. The summed E-state index contributed by atoms with van der Waals surface area (Å²) in [5.74, 6) is -1.19. The molecule has 0 radical (unpaired) electrons. The summed E-state index contributed by atoms with van der Waals surface area (Å²) >= 11 is 0. The Hall–Kier alpha value is -1.47. The molecule has 0 aromatic rings. The number of ketones is 1. The SMILES string of the molecule is COCOC1CC[C@](C)(C2CC[C@]3(C)[C@@H](C(C)COC(C)=O)CC[C@H]3C2=O)C(C(=O)O)C1. The number of ether oxygens (including phenoxy) is 3. The van der Waals surface area contributed by atoms with Gasteiger partial charge in [-0.25, -0.2) is 0 Å². The van der Waals surface area contributed by atoms with Gasteiger partial charge in [-0.15, -0.1) is 0 Å². The Labute approximate surface area is 191 Å². The molecule has 3 rings (SSSR count). The van der Waals surface area contributed by atoms with E-state index in [1.54, 1.807) is 7.11 Å². The minimum Gasteiger partial charge on any atom is -0.481 e. The van der Waals surface area contributed by atoms with Crippen molar-refractivity contribution in [1.29, 1.82) is 0 Å². The molecule has 0 bridgehead atoms. The number of hydrogen-bond acceptors (Lipinski definition) is 6. The van der Waals surface area contributed by atoms with Gasteiger partial charge in [-0.1, -0.05) is 20.8 Å². The van der Waals surface area contributed by atoms with Crippen LogP contribution in [0.4, 0.5) is 0 Å². The molecule has 0 heterocycles. The molecule has 0 aromatic heterocycles. The lowest BCUT2D eigenvalue weighted by Gasteiger charge is -2.52. The van der Waals surface area contributed by atoms with Gasteiger partial charge < -0.3 is 19.3 Å². The zero-order chi connectivity index (χ0) is 23.7. The Morgan fingerprint density at radius 3 is 2.38 bits per heavy atom. The van der Waals surface area contributed by atoms with Crippen molar-refractivity contribution in [3.05, 3.63) is 0 Å². The average molecular weight is 453 g/mol. The molecular formula is C25H40O7. The summed E-state index contributed by atoms with van der Waals surface area (Å²) in [4.78, 5) is 37.4. The standard InChI is InChI=1S/C25H40O7/c1-15(13-31-16(2)26)18-6-7-19-22(27)20(9-11-24(18,19)3)25(4)10-8-17(32-14-30-5)12-21(25)23(28)29/h15,17-21H,6-14H2,1-5H3,(H,28,29)/t15?,17?,18-,19+,20?,21?,24-,25-/m1/s1. The number of carboxylic acids is 1. The number of aliphatic carboxylic acids is 1. The number of esters is 1. The van der Waals surface area contributed by atoms with Crippen molar-refractivity contribution in [2.75, 3.05) is 20.5 Å². The Bertz CT molecular complexity index is 721. The van der Waals surface area contributed by atoms with Crippen LogP contribution < -0.4 is 0 Å². The van der Waals surface area contributed by atoms with Gasteiger partial charge >= 0.3 is 11.9 Å². The molecule has 32 heavy (non-hydrogen) atoms. The third-order valence-corrected chi connectivity index (χ3v) is 9.12. The molecule has 3 aliphatic rings. The zero-order valence-electron chi connectivity index (χ0n) is 20.2. The van der Waals surface area contributed by atoms with Gasteiger partial charge in [0.05, 0.1) is 18.6 Å². The number of fused-ring (bicyclic) bond motifs is 1. The highest BCUT2D eigenvalue weighted by molar-refractivity contribution is 5.87. The summed E-state index contributed by atoms with van der Waals surface area (Å²) in [5, 5.41) is 10.1. The minimum absolute atomic E-state index is 0.0419. The van der Waals surface area contributed by atoms with Crippen molar-refractivity contribution in [2.24, 2.45) is 40.4 Å². The number of carbonyl (C=O) groups excluding carboxylic acids is 2. The van der Waals surface area contributed by atoms with E-state index in [4.69, 9.17) is 14.2 Å². The van der Waals surface area contributed by atoms with E-state index >= 15 is 0 Å². The van der Waals surface area contributed by atoms with Crippen LogP contribution in [0.25, 0.3) is 0 Å². The fourth-order valence-electron chi connectivity index (χ4n) is 7.30. The number of methoxy groups -OCH3 is 1. The fraction of sp³-hybridized carbons (Fsp3) is 0.880. The quantitative estimate of drug-likeness (QED) is 0.438. The van der Waals surface area contributed by atoms with E-state index in [1.807, 2.05) is 6.92 Å². The molecule has 0 spiro atoms. The van der Waals surface area contributed by atoms with Crippen LogP contribution in [0.15, 0.2) is 0 Å². The Morgan fingerprint density at radius 2 is 1.75 bits per heavy atom. The summed E-state index contributed by atoms with van der Waals surface area (Å²) in [7, 11) is 1.56. The van der Waals surface area contributed by atoms with E-state index in [0.717, 1.165) is 32.1 Å². The smallest absolute Gasteiger partial charge is 0.307 e. The molecule has 7 heteroatoms. The van der Waals surface area contributed by atoms with Crippen molar-refractivity contribution in [1.82, 2.24) is 0 Å². The molecule has 3 saturated carbocycles. The molecule has 7 nitrogen and oxygen atoms in total. The van der Waals surface area contributed by atoms with Gasteiger partial charge in [0.25, 0.3) is 0 Å². The van der Waals surface area contributed by atoms with Crippen LogP contribution in [-0.4, -0.2) is 49.4 Å². The van der Waals surface area contributed by atoms with E-state index < -0.39 is 17.3 Å². The molecule has 4 unspecified atom stereocenters. The van der Waals surface area contributed by atoms with Crippen molar-refractivity contribution in [3.8, 4) is 0 Å². The maximum atomic E-state index is 13.8. The van der Waals surface area contributed by atoms with E-state index in [2.05, 4.69) is 13.8 Å². The third kappa shape index (κ3) is 4.60. The highest BCUT2D eigenvalue weighted by Crippen LogP contribution is 2.61. The molecule has 3 fully saturated rings. The van der Waals surface area contributed by atoms with Crippen molar-refractivity contribution >= 4 is 17.7 Å². The predicted octanol–water partition coefficient (Wildman–Crippen LogP) is 4.08. The zero-order valence-corrected chi connectivity index (χ0v) is 20.2. The molecule has 0 amide bonds. The van der Waals surface area contributed by atoms with Crippen LogP contribution in [0.1, 0.15) is 72.6 Å². The Morgan fingerprint density at radius 1 is 1.09 bits per heavy atom. The van der Waals surface area contributed by atoms with Gasteiger partial charge in [-0.3, -0.25) is 14.4 Å². The molecular weight excluding hydrogens is 412 g/mol. The highest BCUT2D eigenvalue weighted by Gasteiger charge is 2.60. The number of rotatable bonds is 8. The van der Waals surface area contributed by atoms with Gasteiger partial charge in [0.2, 0.25) is 0 Å². The number of hydrogen-bond donors (Lipinski definition) is 1. The second-order valence-electron chi connectivity index (χ2n) is 10.9.